The average molecular weight is 681 g/mol. The van der Waals surface area contributed by atoms with Crippen molar-refractivity contribution in [2.75, 3.05) is 6.61 Å². The van der Waals surface area contributed by atoms with E-state index in [1.165, 1.54) is 12.1 Å². The van der Waals surface area contributed by atoms with Gasteiger partial charge in [0, 0.05) is 42.9 Å². The van der Waals surface area contributed by atoms with Gasteiger partial charge in [0.25, 0.3) is 0 Å². The Morgan fingerprint density at radius 2 is 1.12 bits per heavy atom. The number of aliphatic hydroxyl groups excluding tert-OH is 1. The highest BCUT2D eigenvalue weighted by molar-refractivity contribution is 5.99. The van der Waals surface area contributed by atoms with Crippen LogP contribution in [0.15, 0.2) is 104 Å². The molecule has 0 aliphatic carbocycles. The summed E-state index contributed by atoms with van der Waals surface area (Å²) < 4.78 is 6.40. The Balaban J connectivity index is 0.00000209. The van der Waals surface area contributed by atoms with E-state index >= 15 is 0 Å². The lowest BCUT2D eigenvalue weighted by molar-refractivity contribution is 0.0656. The predicted molar refractivity (Wildman–Crippen MR) is 201 cm³/mol. The summed E-state index contributed by atoms with van der Waals surface area (Å²) in [5.74, 6) is -1.12. The van der Waals surface area contributed by atoms with E-state index in [1.807, 2.05) is 65.0 Å². The van der Waals surface area contributed by atoms with Crippen LogP contribution < -0.4 is 0 Å². The SMILES string of the molecule is C=C(OC(CCC(=O)c1ccccc1C)C(CCC(=O)c1ccccc1CCO)CC(=O)c1ccccc1O)c1ccccc1O.CC.CC. The van der Waals surface area contributed by atoms with E-state index in [2.05, 4.69) is 6.58 Å². The van der Waals surface area contributed by atoms with Crippen molar-refractivity contribution in [3.8, 4) is 11.5 Å². The molecule has 0 heterocycles. The van der Waals surface area contributed by atoms with Gasteiger partial charge in [-0.15, -0.1) is 0 Å². The molecule has 4 rings (SSSR count). The van der Waals surface area contributed by atoms with Crippen LogP contribution in [0.5, 0.6) is 11.5 Å². The highest BCUT2D eigenvalue weighted by Gasteiger charge is 2.30. The minimum absolute atomic E-state index is 0.0280. The molecule has 0 aromatic heterocycles. The molecule has 4 aromatic carbocycles. The van der Waals surface area contributed by atoms with E-state index in [-0.39, 0.29) is 78.9 Å². The number of benzene rings is 4. The Morgan fingerprint density at radius 3 is 1.70 bits per heavy atom. The number of ketones is 3. The average Bonchev–Trinajstić information content (AvgIpc) is 3.14. The summed E-state index contributed by atoms with van der Waals surface area (Å²) in [4.78, 5) is 40.4. The van der Waals surface area contributed by atoms with Gasteiger partial charge in [-0.2, -0.15) is 0 Å². The highest BCUT2D eigenvalue weighted by atomic mass is 16.5. The van der Waals surface area contributed by atoms with Crippen molar-refractivity contribution in [3.05, 3.63) is 137 Å². The molecule has 0 fully saturated rings. The van der Waals surface area contributed by atoms with Crippen LogP contribution in [-0.4, -0.2) is 45.4 Å². The van der Waals surface area contributed by atoms with Crippen LogP contribution in [0.4, 0.5) is 0 Å². The van der Waals surface area contributed by atoms with Crippen LogP contribution in [0, 0.1) is 12.8 Å². The summed E-state index contributed by atoms with van der Waals surface area (Å²) in [6.45, 7) is 13.8. The number of carbonyl (C=O) groups is 3. The number of aryl methyl sites for hydroxylation is 1. The molecule has 50 heavy (non-hydrogen) atoms. The Bertz CT molecular complexity index is 1690. The summed E-state index contributed by atoms with van der Waals surface area (Å²) >= 11 is 0. The molecule has 0 radical (unpaired) electrons. The third-order valence-electron chi connectivity index (χ3n) is 8.22. The minimum Gasteiger partial charge on any atom is -0.507 e. The van der Waals surface area contributed by atoms with Gasteiger partial charge in [0.15, 0.2) is 17.3 Å². The molecule has 3 N–H and O–H groups in total. The van der Waals surface area contributed by atoms with Gasteiger partial charge in [0.05, 0.1) is 11.1 Å². The van der Waals surface area contributed by atoms with E-state index in [1.54, 1.807) is 54.6 Å². The smallest absolute Gasteiger partial charge is 0.167 e. The van der Waals surface area contributed by atoms with E-state index in [9.17, 15) is 29.7 Å². The molecule has 7 heteroatoms. The molecule has 0 saturated heterocycles. The van der Waals surface area contributed by atoms with Crippen LogP contribution in [0.1, 0.15) is 108 Å². The number of aromatic hydroxyl groups is 2. The zero-order chi connectivity index (χ0) is 37.1. The maximum atomic E-state index is 13.6. The fourth-order valence-corrected chi connectivity index (χ4v) is 5.70. The second-order valence-electron chi connectivity index (χ2n) is 11.4. The van der Waals surface area contributed by atoms with E-state index in [0.717, 1.165) is 11.1 Å². The first-order valence-electron chi connectivity index (χ1n) is 17.5. The third-order valence-corrected chi connectivity index (χ3v) is 8.22. The number of rotatable bonds is 17. The number of ether oxygens (including phenoxy) is 1. The number of aliphatic hydroxyl groups is 1. The largest absolute Gasteiger partial charge is 0.507 e. The number of para-hydroxylation sites is 2. The quantitative estimate of drug-likeness (QED) is 0.0750. The van der Waals surface area contributed by atoms with Crippen LogP contribution in [-0.2, 0) is 11.2 Å². The third kappa shape index (κ3) is 11.8. The summed E-state index contributed by atoms with van der Waals surface area (Å²) in [7, 11) is 0. The van der Waals surface area contributed by atoms with Crippen LogP contribution in [0.3, 0.4) is 0 Å². The number of carbonyl (C=O) groups excluding carboxylic acids is 3. The van der Waals surface area contributed by atoms with E-state index < -0.39 is 12.0 Å². The standard InChI is InChI=1S/C39H40O7.2C2H6/c1-26-11-3-5-13-30(26)36(43)21-22-39(46-27(2)31-14-7-9-17-34(31)41)29(25-38(45)33-16-8-10-18-35(33)42)19-20-37(44)32-15-6-4-12-28(32)23-24-40;2*1-2/h3-18,29,39-42H,2,19-25H2,1H3;2*1-2H3. The van der Waals surface area contributed by atoms with Gasteiger partial charge in [-0.25, -0.2) is 0 Å². The van der Waals surface area contributed by atoms with Gasteiger partial charge >= 0.3 is 0 Å². The zero-order valence-corrected chi connectivity index (χ0v) is 30.0. The second-order valence-corrected chi connectivity index (χ2v) is 11.4. The monoisotopic (exact) mass is 680 g/mol. The summed E-state index contributed by atoms with van der Waals surface area (Å²) in [6, 6.07) is 27.3. The van der Waals surface area contributed by atoms with Crippen molar-refractivity contribution in [1.82, 2.24) is 0 Å². The molecule has 2 atom stereocenters. The van der Waals surface area contributed by atoms with Gasteiger partial charge in [-0.1, -0.05) is 107 Å². The van der Waals surface area contributed by atoms with Crippen molar-refractivity contribution >= 4 is 23.1 Å². The summed E-state index contributed by atoms with van der Waals surface area (Å²) in [6.07, 6.45) is 0.172. The topological polar surface area (TPSA) is 121 Å². The fourth-order valence-electron chi connectivity index (χ4n) is 5.70. The summed E-state index contributed by atoms with van der Waals surface area (Å²) in [5.41, 5.74) is 3.22. The van der Waals surface area contributed by atoms with Gasteiger partial charge in [0.1, 0.15) is 23.4 Å². The van der Waals surface area contributed by atoms with Crippen molar-refractivity contribution in [2.24, 2.45) is 5.92 Å². The maximum Gasteiger partial charge on any atom is 0.167 e. The molecule has 7 nitrogen and oxygen atoms in total. The fraction of sp³-hybridized carbons (Fsp3) is 0.326. The van der Waals surface area contributed by atoms with Gasteiger partial charge in [0.2, 0.25) is 0 Å². The van der Waals surface area contributed by atoms with Crippen LogP contribution >= 0.6 is 0 Å². The van der Waals surface area contributed by atoms with Crippen molar-refractivity contribution < 1.29 is 34.4 Å². The Labute approximate surface area is 297 Å². The first-order valence-corrected chi connectivity index (χ1v) is 17.5. The molecule has 0 aliphatic rings. The highest BCUT2D eigenvalue weighted by Crippen LogP contribution is 2.33. The lowest BCUT2D eigenvalue weighted by Crippen LogP contribution is -2.28. The van der Waals surface area contributed by atoms with Crippen LogP contribution in [0.2, 0.25) is 0 Å². The number of hydrogen-bond acceptors (Lipinski definition) is 7. The molecular weight excluding hydrogens is 628 g/mol. The number of hydrogen-bond donors (Lipinski definition) is 3. The molecule has 4 aromatic rings. The number of phenols is 2. The normalized spacial score (nSPS) is 11.5. The van der Waals surface area contributed by atoms with Crippen molar-refractivity contribution in [1.29, 1.82) is 0 Å². The predicted octanol–water partition coefficient (Wildman–Crippen LogP) is 9.56. The molecule has 2 unspecified atom stereocenters. The Morgan fingerprint density at radius 1 is 0.640 bits per heavy atom. The lowest BCUT2D eigenvalue weighted by Gasteiger charge is -2.29. The second kappa shape index (κ2) is 21.9. The zero-order valence-electron chi connectivity index (χ0n) is 30.0. The van der Waals surface area contributed by atoms with Crippen molar-refractivity contribution in [2.45, 2.75) is 79.2 Å². The van der Waals surface area contributed by atoms with Gasteiger partial charge in [-0.3, -0.25) is 14.4 Å². The molecule has 0 saturated carbocycles. The first-order chi connectivity index (χ1) is 24.2. The number of Topliss-reactive ketones (excluding diaryl/α,β-unsaturated/α-hetero) is 3. The molecule has 0 bridgehead atoms. The van der Waals surface area contributed by atoms with Gasteiger partial charge < -0.3 is 20.1 Å². The molecular formula is C43H52O7. The Hall–Kier alpha value is -5.01. The van der Waals surface area contributed by atoms with E-state index in [4.69, 9.17) is 4.74 Å². The lowest BCUT2D eigenvalue weighted by atomic mass is 9.84. The first kappa shape index (κ1) is 41.2. The van der Waals surface area contributed by atoms with E-state index in [0.29, 0.717) is 23.1 Å². The van der Waals surface area contributed by atoms with Crippen molar-refractivity contribution in [3.63, 3.8) is 0 Å². The molecule has 266 valence electrons. The van der Waals surface area contributed by atoms with Gasteiger partial charge in [-0.05, 0) is 61.6 Å². The molecule has 0 aliphatic heterocycles. The Kier molecular flexibility index (Phi) is 18.0. The molecule has 0 amide bonds. The maximum absolute atomic E-state index is 13.6. The van der Waals surface area contributed by atoms with Crippen LogP contribution in [0.25, 0.3) is 5.76 Å². The number of phenolic OH excluding ortho intramolecular Hbond substituents is 2. The molecule has 0 spiro atoms. The minimum atomic E-state index is -0.740. The summed E-state index contributed by atoms with van der Waals surface area (Å²) in [5, 5.41) is 30.4.